The molecule has 1 unspecified atom stereocenters. The Balaban J connectivity index is 1.91. The molecule has 1 saturated heterocycles. The van der Waals surface area contributed by atoms with E-state index >= 15 is 0 Å². The van der Waals surface area contributed by atoms with Gasteiger partial charge in [0.2, 0.25) is 5.88 Å². The highest BCUT2D eigenvalue weighted by Crippen LogP contribution is 2.17. The quantitative estimate of drug-likeness (QED) is 0.742. The molecule has 2 heterocycles. The molecule has 0 amide bonds. The summed E-state index contributed by atoms with van der Waals surface area (Å²) in [5.74, 6) is 1.48. The van der Waals surface area contributed by atoms with E-state index in [1.807, 2.05) is 6.92 Å². The molecule has 5 nitrogen and oxygen atoms in total. The molecule has 1 aliphatic rings. The highest BCUT2D eigenvalue weighted by molar-refractivity contribution is 6.29. The van der Waals surface area contributed by atoms with Gasteiger partial charge in [-0.15, -0.1) is 0 Å². The highest BCUT2D eigenvalue weighted by atomic mass is 35.5. The lowest BCUT2D eigenvalue weighted by Crippen LogP contribution is -2.13. The van der Waals surface area contributed by atoms with Gasteiger partial charge in [0.25, 0.3) is 0 Å². The molecule has 1 atom stereocenters. The zero-order chi connectivity index (χ0) is 12.8. The monoisotopic (exact) mass is 272 g/mol. The van der Waals surface area contributed by atoms with E-state index in [1.54, 1.807) is 6.07 Å². The Morgan fingerprint density at radius 3 is 3.11 bits per heavy atom. The second kappa shape index (κ2) is 6.87. The van der Waals surface area contributed by atoms with E-state index < -0.39 is 0 Å². The van der Waals surface area contributed by atoms with Crippen LogP contribution in [0.25, 0.3) is 0 Å². The Bertz CT molecular complexity index is 384. The first-order chi connectivity index (χ1) is 8.78. The molecule has 100 valence electrons. The molecule has 0 spiro atoms. The average Bonchev–Trinajstić information content (AvgIpc) is 2.86. The lowest BCUT2D eigenvalue weighted by atomic mass is 10.1. The third-order valence-corrected chi connectivity index (χ3v) is 2.84. The SMILES string of the molecule is CCOCc1nc(Cl)cc(OCC2CCOC2)n1. The molecule has 0 N–H and O–H groups in total. The lowest BCUT2D eigenvalue weighted by Gasteiger charge is -2.10. The van der Waals surface area contributed by atoms with Crippen LogP contribution >= 0.6 is 11.6 Å². The van der Waals surface area contributed by atoms with Crippen molar-refractivity contribution in [2.24, 2.45) is 5.92 Å². The van der Waals surface area contributed by atoms with Crippen LogP contribution in [0.5, 0.6) is 5.88 Å². The number of ether oxygens (including phenoxy) is 3. The third-order valence-electron chi connectivity index (χ3n) is 2.64. The molecule has 2 rings (SSSR count). The molecular weight excluding hydrogens is 256 g/mol. The Labute approximate surface area is 111 Å². The van der Waals surface area contributed by atoms with Crippen molar-refractivity contribution in [1.82, 2.24) is 9.97 Å². The van der Waals surface area contributed by atoms with Crippen LogP contribution in [0.2, 0.25) is 5.15 Å². The fourth-order valence-corrected chi connectivity index (χ4v) is 1.88. The molecule has 0 saturated carbocycles. The number of hydrogen-bond donors (Lipinski definition) is 0. The summed E-state index contributed by atoms with van der Waals surface area (Å²) in [6.07, 6.45) is 1.03. The first kappa shape index (κ1) is 13.5. The normalized spacial score (nSPS) is 19.1. The minimum atomic E-state index is 0.347. The van der Waals surface area contributed by atoms with E-state index in [0.717, 1.165) is 19.6 Å². The topological polar surface area (TPSA) is 53.5 Å². The molecule has 0 radical (unpaired) electrons. The van der Waals surface area contributed by atoms with E-state index in [4.69, 9.17) is 25.8 Å². The van der Waals surface area contributed by atoms with Gasteiger partial charge in [-0.1, -0.05) is 11.6 Å². The predicted octanol–water partition coefficient (Wildman–Crippen LogP) is 2.08. The third kappa shape index (κ3) is 4.08. The number of nitrogens with zero attached hydrogens (tertiary/aromatic N) is 2. The first-order valence-corrected chi connectivity index (χ1v) is 6.47. The fraction of sp³-hybridized carbons (Fsp3) is 0.667. The summed E-state index contributed by atoms with van der Waals surface area (Å²) >= 11 is 5.91. The van der Waals surface area contributed by atoms with Crippen LogP contribution in [-0.2, 0) is 16.1 Å². The van der Waals surface area contributed by atoms with E-state index in [0.29, 0.717) is 42.6 Å². The smallest absolute Gasteiger partial charge is 0.218 e. The average molecular weight is 273 g/mol. The molecule has 0 bridgehead atoms. The van der Waals surface area contributed by atoms with Gasteiger partial charge in [-0.2, -0.15) is 4.98 Å². The highest BCUT2D eigenvalue weighted by Gasteiger charge is 2.16. The summed E-state index contributed by atoms with van der Waals surface area (Å²) < 4.78 is 16.2. The molecule has 1 aromatic rings. The van der Waals surface area contributed by atoms with Crippen LogP contribution in [0.4, 0.5) is 0 Å². The summed E-state index contributed by atoms with van der Waals surface area (Å²) in [6.45, 7) is 5.05. The van der Waals surface area contributed by atoms with Gasteiger partial charge in [0, 0.05) is 25.2 Å². The minimum absolute atomic E-state index is 0.347. The van der Waals surface area contributed by atoms with Crippen molar-refractivity contribution in [2.45, 2.75) is 20.0 Å². The van der Waals surface area contributed by atoms with Crippen molar-refractivity contribution in [3.63, 3.8) is 0 Å². The Hall–Kier alpha value is -0.910. The largest absolute Gasteiger partial charge is 0.477 e. The maximum absolute atomic E-state index is 5.91. The number of aromatic nitrogens is 2. The molecule has 1 fully saturated rings. The standard InChI is InChI=1S/C12H17ClN2O3/c1-2-16-8-11-14-10(13)5-12(15-11)18-7-9-3-4-17-6-9/h5,9H,2-4,6-8H2,1H3. The summed E-state index contributed by atoms with van der Waals surface area (Å²) in [4.78, 5) is 8.32. The number of halogens is 1. The Morgan fingerprint density at radius 2 is 2.39 bits per heavy atom. The van der Waals surface area contributed by atoms with Crippen LogP contribution in [0.1, 0.15) is 19.2 Å². The number of rotatable bonds is 6. The predicted molar refractivity (Wildman–Crippen MR) is 66.8 cm³/mol. The Kier molecular flexibility index (Phi) is 5.16. The van der Waals surface area contributed by atoms with Crippen LogP contribution in [-0.4, -0.2) is 36.4 Å². The van der Waals surface area contributed by atoms with Crippen molar-refractivity contribution in [1.29, 1.82) is 0 Å². The Morgan fingerprint density at radius 1 is 1.50 bits per heavy atom. The van der Waals surface area contributed by atoms with Crippen LogP contribution in [0, 0.1) is 5.92 Å². The molecule has 6 heteroatoms. The van der Waals surface area contributed by atoms with Gasteiger partial charge in [0.15, 0.2) is 5.82 Å². The summed E-state index contributed by atoms with van der Waals surface area (Å²) in [5, 5.41) is 0.373. The van der Waals surface area contributed by atoms with Gasteiger partial charge in [0.05, 0.1) is 13.2 Å². The van der Waals surface area contributed by atoms with E-state index in [1.165, 1.54) is 0 Å². The zero-order valence-electron chi connectivity index (χ0n) is 10.4. The maximum atomic E-state index is 5.91. The summed E-state index contributed by atoms with van der Waals surface area (Å²) in [6, 6.07) is 1.62. The zero-order valence-corrected chi connectivity index (χ0v) is 11.2. The van der Waals surface area contributed by atoms with Gasteiger partial charge in [-0.25, -0.2) is 4.98 Å². The van der Waals surface area contributed by atoms with Crippen molar-refractivity contribution < 1.29 is 14.2 Å². The van der Waals surface area contributed by atoms with Gasteiger partial charge in [0.1, 0.15) is 11.8 Å². The molecule has 0 aliphatic carbocycles. The summed E-state index contributed by atoms with van der Waals surface area (Å²) in [7, 11) is 0. The second-order valence-corrected chi connectivity index (χ2v) is 4.51. The molecule has 1 aromatic heterocycles. The van der Waals surface area contributed by atoms with Gasteiger partial charge < -0.3 is 14.2 Å². The first-order valence-electron chi connectivity index (χ1n) is 6.09. The van der Waals surface area contributed by atoms with E-state index in [9.17, 15) is 0 Å². The van der Waals surface area contributed by atoms with Gasteiger partial charge >= 0.3 is 0 Å². The number of hydrogen-bond acceptors (Lipinski definition) is 5. The van der Waals surface area contributed by atoms with Crippen LogP contribution in [0.15, 0.2) is 6.07 Å². The second-order valence-electron chi connectivity index (χ2n) is 4.12. The van der Waals surface area contributed by atoms with Crippen molar-refractivity contribution in [3.05, 3.63) is 17.0 Å². The van der Waals surface area contributed by atoms with Crippen molar-refractivity contribution in [3.8, 4) is 5.88 Å². The van der Waals surface area contributed by atoms with Crippen LogP contribution in [0.3, 0.4) is 0 Å². The molecule has 0 aromatic carbocycles. The fourth-order valence-electron chi connectivity index (χ4n) is 1.69. The van der Waals surface area contributed by atoms with Crippen molar-refractivity contribution in [2.75, 3.05) is 26.4 Å². The lowest BCUT2D eigenvalue weighted by molar-refractivity contribution is 0.126. The van der Waals surface area contributed by atoms with E-state index in [-0.39, 0.29) is 0 Å². The van der Waals surface area contributed by atoms with Crippen molar-refractivity contribution >= 4 is 11.6 Å². The van der Waals surface area contributed by atoms with Crippen LogP contribution < -0.4 is 4.74 Å². The van der Waals surface area contributed by atoms with Gasteiger partial charge in [-0.05, 0) is 13.3 Å². The molecule has 18 heavy (non-hydrogen) atoms. The van der Waals surface area contributed by atoms with Gasteiger partial charge in [-0.3, -0.25) is 0 Å². The van der Waals surface area contributed by atoms with E-state index in [2.05, 4.69) is 9.97 Å². The maximum Gasteiger partial charge on any atom is 0.218 e. The molecular formula is C12H17ClN2O3. The summed E-state index contributed by atoms with van der Waals surface area (Å²) in [5.41, 5.74) is 0. The minimum Gasteiger partial charge on any atom is -0.477 e. The molecule has 1 aliphatic heterocycles.